The maximum Gasteiger partial charge on any atom is 0.0772 e. The maximum atomic E-state index is 9.60. The molecule has 3 heteroatoms. The summed E-state index contributed by atoms with van der Waals surface area (Å²) in [5.74, 6) is 0. The van der Waals surface area contributed by atoms with E-state index in [-0.39, 0.29) is 0 Å². The second-order valence-corrected chi connectivity index (χ2v) is 6.57. The average Bonchev–Trinajstić information content (AvgIpc) is 2.58. The zero-order chi connectivity index (χ0) is 12.6. The van der Waals surface area contributed by atoms with Crippen LogP contribution in [0.3, 0.4) is 0 Å². The van der Waals surface area contributed by atoms with Crippen LogP contribution in [0.1, 0.15) is 38.9 Å². The van der Waals surface area contributed by atoms with E-state index in [1.807, 2.05) is 6.07 Å². The summed E-state index contributed by atoms with van der Waals surface area (Å²) < 4.78 is 0.995. The summed E-state index contributed by atoms with van der Waals surface area (Å²) in [6, 6.07) is 6.23. The van der Waals surface area contributed by atoms with Gasteiger partial charge in [0.05, 0.1) is 6.10 Å². The first-order chi connectivity index (χ1) is 7.89. The molecule has 1 saturated heterocycles. The monoisotopic (exact) mass is 297 g/mol. The van der Waals surface area contributed by atoms with E-state index in [2.05, 4.69) is 46.8 Å². The van der Waals surface area contributed by atoms with Crippen molar-refractivity contribution in [2.24, 2.45) is 5.41 Å². The van der Waals surface area contributed by atoms with Gasteiger partial charge in [-0.15, -0.1) is 0 Å². The van der Waals surface area contributed by atoms with Crippen LogP contribution in [0.5, 0.6) is 0 Å². The van der Waals surface area contributed by atoms with E-state index >= 15 is 0 Å². The number of hydrogen-bond acceptors (Lipinski definition) is 2. The molecule has 1 fully saturated rings. The number of nitrogens with zero attached hydrogens (tertiary/aromatic N) is 1. The number of aliphatic hydroxyl groups excluding tert-OH is 1. The number of rotatable bonds is 2. The van der Waals surface area contributed by atoms with Crippen molar-refractivity contribution >= 4 is 21.6 Å². The van der Waals surface area contributed by atoms with Crippen molar-refractivity contribution in [1.29, 1.82) is 0 Å². The molecule has 1 aromatic carbocycles. The molecule has 94 valence electrons. The predicted octanol–water partition coefficient (Wildman–Crippen LogP) is 3.74. The Morgan fingerprint density at radius 3 is 2.59 bits per heavy atom. The molecular formula is C14H20BrNO. The van der Waals surface area contributed by atoms with Gasteiger partial charge in [0, 0.05) is 23.2 Å². The lowest BCUT2D eigenvalue weighted by Gasteiger charge is -2.22. The minimum absolute atomic E-state index is 0.412. The van der Waals surface area contributed by atoms with Crippen molar-refractivity contribution in [3.8, 4) is 0 Å². The molecule has 1 aliphatic heterocycles. The molecule has 1 heterocycles. The van der Waals surface area contributed by atoms with Crippen LogP contribution < -0.4 is 4.90 Å². The van der Waals surface area contributed by atoms with Crippen LogP contribution in [0.4, 0.5) is 5.69 Å². The van der Waals surface area contributed by atoms with E-state index in [1.165, 1.54) is 12.1 Å². The van der Waals surface area contributed by atoms with Gasteiger partial charge in [0.15, 0.2) is 0 Å². The van der Waals surface area contributed by atoms with Crippen molar-refractivity contribution in [1.82, 2.24) is 0 Å². The van der Waals surface area contributed by atoms with Crippen molar-refractivity contribution < 1.29 is 5.11 Å². The summed E-state index contributed by atoms with van der Waals surface area (Å²) in [7, 11) is 0. The lowest BCUT2D eigenvalue weighted by Crippen LogP contribution is -2.22. The van der Waals surface area contributed by atoms with Gasteiger partial charge in [-0.25, -0.2) is 0 Å². The van der Waals surface area contributed by atoms with Gasteiger partial charge in [0.25, 0.3) is 0 Å². The van der Waals surface area contributed by atoms with E-state index in [4.69, 9.17) is 0 Å². The summed E-state index contributed by atoms with van der Waals surface area (Å²) in [5.41, 5.74) is 2.61. The van der Waals surface area contributed by atoms with Crippen LogP contribution >= 0.6 is 15.9 Å². The third-order valence-corrected chi connectivity index (χ3v) is 4.16. The zero-order valence-corrected chi connectivity index (χ0v) is 12.3. The average molecular weight is 298 g/mol. The second kappa shape index (κ2) is 4.62. The van der Waals surface area contributed by atoms with Crippen LogP contribution in [0.2, 0.25) is 0 Å². The third kappa shape index (κ3) is 2.83. The van der Waals surface area contributed by atoms with Gasteiger partial charge in [-0.1, -0.05) is 35.8 Å². The number of halogens is 1. The molecule has 1 aliphatic rings. The Bertz CT molecular complexity index is 415. The summed E-state index contributed by atoms with van der Waals surface area (Å²) in [6.45, 7) is 8.64. The van der Waals surface area contributed by atoms with Gasteiger partial charge in [0.1, 0.15) is 0 Å². The van der Waals surface area contributed by atoms with Crippen LogP contribution in [-0.4, -0.2) is 18.2 Å². The number of anilines is 1. The van der Waals surface area contributed by atoms with E-state index in [1.54, 1.807) is 6.92 Å². The van der Waals surface area contributed by atoms with E-state index in [0.717, 1.165) is 23.1 Å². The first-order valence-electron chi connectivity index (χ1n) is 6.11. The quantitative estimate of drug-likeness (QED) is 0.899. The topological polar surface area (TPSA) is 23.5 Å². The van der Waals surface area contributed by atoms with Crippen molar-refractivity contribution in [2.45, 2.75) is 33.3 Å². The van der Waals surface area contributed by atoms with Crippen molar-refractivity contribution in [2.75, 3.05) is 18.0 Å². The van der Waals surface area contributed by atoms with Gasteiger partial charge in [-0.05, 0) is 36.5 Å². The smallest absolute Gasteiger partial charge is 0.0772 e. The molecule has 0 saturated carbocycles. The fourth-order valence-electron chi connectivity index (χ4n) is 2.38. The molecular weight excluding hydrogens is 278 g/mol. The molecule has 1 atom stereocenters. The van der Waals surface area contributed by atoms with Gasteiger partial charge < -0.3 is 10.0 Å². The van der Waals surface area contributed by atoms with E-state index in [0.29, 0.717) is 5.41 Å². The van der Waals surface area contributed by atoms with Gasteiger partial charge in [0.2, 0.25) is 0 Å². The van der Waals surface area contributed by atoms with Crippen molar-refractivity contribution in [3.63, 3.8) is 0 Å². The maximum absolute atomic E-state index is 9.60. The number of aliphatic hydroxyl groups is 1. The minimum Gasteiger partial charge on any atom is -0.389 e. The van der Waals surface area contributed by atoms with E-state index < -0.39 is 6.10 Å². The van der Waals surface area contributed by atoms with Gasteiger partial charge in [-0.2, -0.15) is 0 Å². The van der Waals surface area contributed by atoms with Crippen molar-refractivity contribution in [3.05, 3.63) is 28.2 Å². The molecule has 0 aromatic heterocycles. The fraction of sp³-hybridized carbons (Fsp3) is 0.571. The molecule has 17 heavy (non-hydrogen) atoms. The Kier molecular flexibility index (Phi) is 3.50. The largest absolute Gasteiger partial charge is 0.389 e. The van der Waals surface area contributed by atoms with Crippen LogP contribution in [0, 0.1) is 5.41 Å². The highest BCUT2D eigenvalue weighted by atomic mass is 79.9. The molecule has 2 rings (SSSR count). The highest BCUT2D eigenvalue weighted by molar-refractivity contribution is 9.10. The molecule has 0 amide bonds. The Hall–Kier alpha value is -0.540. The predicted molar refractivity (Wildman–Crippen MR) is 75.4 cm³/mol. The third-order valence-electron chi connectivity index (χ3n) is 3.48. The normalized spacial score (nSPS) is 20.6. The molecule has 1 aromatic rings. The summed E-state index contributed by atoms with van der Waals surface area (Å²) >= 11 is 3.54. The molecule has 2 nitrogen and oxygen atoms in total. The lowest BCUT2D eigenvalue weighted by atomic mass is 9.93. The van der Waals surface area contributed by atoms with Crippen LogP contribution in [-0.2, 0) is 0 Å². The first kappa shape index (κ1) is 12.9. The Morgan fingerprint density at radius 2 is 2.12 bits per heavy atom. The molecule has 0 aliphatic carbocycles. The molecule has 1 N–H and O–H groups in total. The molecule has 0 bridgehead atoms. The van der Waals surface area contributed by atoms with E-state index in [9.17, 15) is 5.11 Å². The van der Waals surface area contributed by atoms with Gasteiger partial charge in [-0.3, -0.25) is 0 Å². The van der Waals surface area contributed by atoms with Gasteiger partial charge >= 0.3 is 0 Å². The molecule has 0 unspecified atom stereocenters. The SMILES string of the molecule is C[C@@H](O)c1ccc(N2CCC(C)(C)C2)cc1Br. The zero-order valence-electron chi connectivity index (χ0n) is 10.7. The highest BCUT2D eigenvalue weighted by Gasteiger charge is 2.29. The number of hydrogen-bond donors (Lipinski definition) is 1. The standard InChI is InChI=1S/C14H20BrNO/c1-10(17)12-5-4-11(8-13(12)15)16-7-6-14(2,3)9-16/h4-5,8,10,17H,6-7,9H2,1-3H3/t10-/m1/s1. The first-order valence-corrected chi connectivity index (χ1v) is 6.91. The minimum atomic E-state index is -0.423. The highest BCUT2D eigenvalue weighted by Crippen LogP contribution is 2.35. The summed E-state index contributed by atoms with van der Waals surface area (Å²) in [6.07, 6.45) is 0.816. The summed E-state index contributed by atoms with van der Waals surface area (Å²) in [5, 5.41) is 9.60. The molecule has 0 spiro atoms. The Morgan fingerprint density at radius 1 is 1.41 bits per heavy atom. The lowest BCUT2D eigenvalue weighted by molar-refractivity contribution is 0.198. The molecule has 0 radical (unpaired) electrons. The summed E-state index contributed by atoms with van der Waals surface area (Å²) in [4.78, 5) is 2.41. The number of benzene rings is 1. The van der Waals surface area contributed by atoms with Crippen LogP contribution in [0.15, 0.2) is 22.7 Å². The van der Waals surface area contributed by atoms with Crippen LogP contribution in [0.25, 0.3) is 0 Å². The Labute approximate surface area is 112 Å². The Balaban J connectivity index is 2.21. The fourth-order valence-corrected chi connectivity index (χ4v) is 3.08. The second-order valence-electron chi connectivity index (χ2n) is 5.72.